The number of ketones is 1. The molecule has 0 amide bonds. The van der Waals surface area contributed by atoms with Gasteiger partial charge in [0.2, 0.25) is 0 Å². The van der Waals surface area contributed by atoms with E-state index in [1.165, 1.54) is 12.7 Å². The lowest BCUT2D eigenvalue weighted by Crippen LogP contribution is -2.16. The molecule has 22 heavy (non-hydrogen) atoms. The van der Waals surface area contributed by atoms with Crippen LogP contribution in [0.4, 0.5) is 0 Å². The molecular weight excluding hydrogens is 278 g/mol. The third-order valence-electron chi connectivity index (χ3n) is 4.18. The predicted octanol–water partition coefficient (Wildman–Crippen LogP) is 3.15. The number of esters is 1. The minimum atomic E-state index is -0.394. The standard InChI is InChI=1S/C18H19NO3/c1-12-6-8-13(9-7-12)11-19-15-4-3-5-17(20)14(15)10-16(19)18(21)22-2/h6-10H,3-5,11H2,1-2H3. The van der Waals surface area contributed by atoms with E-state index in [2.05, 4.69) is 0 Å². The number of carbonyl (C=O) groups is 2. The van der Waals surface area contributed by atoms with Gasteiger partial charge in [0.15, 0.2) is 5.78 Å². The first kappa shape index (κ1) is 14.6. The van der Waals surface area contributed by atoms with Crippen molar-refractivity contribution >= 4 is 11.8 Å². The highest BCUT2D eigenvalue weighted by atomic mass is 16.5. The fraction of sp³-hybridized carbons (Fsp3) is 0.333. The fourth-order valence-electron chi connectivity index (χ4n) is 2.98. The Morgan fingerprint density at radius 1 is 1.23 bits per heavy atom. The number of methoxy groups -OCH3 is 1. The highest BCUT2D eigenvalue weighted by Crippen LogP contribution is 2.26. The SMILES string of the molecule is COC(=O)c1cc2c(n1Cc1ccc(C)cc1)CCCC2=O. The Morgan fingerprint density at radius 2 is 1.95 bits per heavy atom. The van der Waals surface area contributed by atoms with E-state index < -0.39 is 5.97 Å². The molecule has 0 unspecified atom stereocenters. The molecule has 1 aliphatic rings. The normalized spacial score (nSPS) is 13.8. The molecule has 1 heterocycles. The molecule has 0 N–H and O–H groups in total. The van der Waals surface area contributed by atoms with E-state index in [0.717, 1.165) is 24.1 Å². The summed E-state index contributed by atoms with van der Waals surface area (Å²) in [7, 11) is 1.37. The molecule has 4 nitrogen and oxygen atoms in total. The van der Waals surface area contributed by atoms with Gasteiger partial charge in [-0.1, -0.05) is 29.8 Å². The molecule has 0 atom stereocenters. The van der Waals surface area contributed by atoms with Crippen molar-refractivity contribution in [1.29, 1.82) is 0 Å². The van der Waals surface area contributed by atoms with Gasteiger partial charge in [0, 0.05) is 24.2 Å². The maximum atomic E-state index is 12.1. The summed E-state index contributed by atoms with van der Waals surface area (Å²) in [5, 5.41) is 0. The second-order valence-electron chi connectivity index (χ2n) is 5.73. The highest BCUT2D eigenvalue weighted by molar-refractivity contribution is 6.01. The van der Waals surface area contributed by atoms with Crippen molar-refractivity contribution in [3.63, 3.8) is 0 Å². The largest absolute Gasteiger partial charge is 0.464 e. The van der Waals surface area contributed by atoms with E-state index in [1.807, 2.05) is 35.8 Å². The van der Waals surface area contributed by atoms with Crippen LogP contribution in [0.5, 0.6) is 0 Å². The molecule has 0 bridgehead atoms. The third kappa shape index (κ3) is 2.56. The Labute approximate surface area is 129 Å². The average molecular weight is 297 g/mol. The molecule has 0 saturated carbocycles. The number of aryl methyl sites for hydroxylation is 1. The quantitative estimate of drug-likeness (QED) is 0.818. The second kappa shape index (κ2) is 5.79. The van der Waals surface area contributed by atoms with Crippen molar-refractivity contribution in [1.82, 2.24) is 4.57 Å². The van der Waals surface area contributed by atoms with E-state index >= 15 is 0 Å². The van der Waals surface area contributed by atoms with Crippen LogP contribution < -0.4 is 0 Å². The minimum absolute atomic E-state index is 0.119. The number of hydrogen-bond donors (Lipinski definition) is 0. The minimum Gasteiger partial charge on any atom is -0.464 e. The number of fused-ring (bicyclic) bond motifs is 1. The molecule has 2 aromatic rings. The summed E-state index contributed by atoms with van der Waals surface area (Å²) in [5.74, 6) is -0.275. The molecule has 1 aromatic carbocycles. The zero-order chi connectivity index (χ0) is 15.7. The van der Waals surface area contributed by atoms with E-state index in [4.69, 9.17) is 4.74 Å². The van der Waals surface area contributed by atoms with Gasteiger partial charge in [-0.3, -0.25) is 4.79 Å². The van der Waals surface area contributed by atoms with Crippen molar-refractivity contribution in [2.45, 2.75) is 32.7 Å². The van der Waals surface area contributed by atoms with Crippen LogP contribution in [-0.2, 0) is 17.7 Å². The topological polar surface area (TPSA) is 48.3 Å². The van der Waals surface area contributed by atoms with Crippen LogP contribution >= 0.6 is 0 Å². The van der Waals surface area contributed by atoms with Gasteiger partial charge in [-0.2, -0.15) is 0 Å². The van der Waals surface area contributed by atoms with Gasteiger partial charge < -0.3 is 9.30 Å². The predicted molar refractivity (Wildman–Crippen MR) is 83.3 cm³/mol. The van der Waals surface area contributed by atoms with Gasteiger partial charge in [0.25, 0.3) is 0 Å². The molecule has 0 spiro atoms. The molecule has 0 aliphatic heterocycles. The fourth-order valence-corrected chi connectivity index (χ4v) is 2.98. The van der Waals surface area contributed by atoms with E-state index in [0.29, 0.717) is 24.2 Å². The van der Waals surface area contributed by atoms with Crippen LogP contribution in [0, 0.1) is 6.92 Å². The summed E-state index contributed by atoms with van der Waals surface area (Å²) in [6, 6.07) is 9.89. The molecule has 0 radical (unpaired) electrons. The van der Waals surface area contributed by atoms with Crippen molar-refractivity contribution in [3.05, 3.63) is 58.4 Å². The van der Waals surface area contributed by atoms with Crippen molar-refractivity contribution in [3.8, 4) is 0 Å². The van der Waals surface area contributed by atoms with Crippen molar-refractivity contribution in [2.24, 2.45) is 0 Å². The number of rotatable bonds is 3. The van der Waals surface area contributed by atoms with Gasteiger partial charge in [-0.15, -0.1) is 0 Å². The lowest BCUT2D eigenvalue weighted by molar-refractivity contribution is 0.0588. The first-order chi connectivity index (χ1) is 10.6. The van der Waals surface area contributed by atoms with Gasteiger partial charge in [0.05, 0.1) is 7.11 Å². The van der Waals surface area contributed by atoms with Gasteiger partial charge in [-0.25, -0.2) is 4.79 Å². The second-order valence-corrected chi connectivity index (χ2v) is 5.73. The summed E-state index contributed by atoms with van der Waals surface area (Å²) in [5.41, 5.74) is 4.40. The van der Waals surface area contributed by atoms with Crippen molar-refractivity contribution < 1.29 is 14.3 Å². The maximum absolute atomic E-state index is 12.1. The molecule has 4 heteroatoms. The number of Topliss-reactive ketones (excluding diaryl/α,β-unsaturated/α-hetero) is 1. The van der Waals surface area contributed by atoms with E-state index in [-0.39, 0.29) is 5.78 Å². The summed E-state index contributed by atoms with van der Waals surface area (Å²) < 4.78 is 6.81. The third-order valence-corrected chi connectivity index (χ3v) is 4.18. The zero-order valence-corrected chi connectivity index (χ0v) is 12.9. The van der Waals surface area contributed by atoms with E-state index in [1.54, 1.807) is 6.07 Å². The number of carbonyl (C=O) groups excluding carboxylic acids is 2. The number of nitrogens with zero attached hydrogens (tertiary/aromatic N) is 1. The van der Waals surface area contributed by atoms with Crippen LogP contribution in [0.1, 0.15) is 50.5 Å². The molecule has 114 valence electrons. The first-order valence-electron chi connectivity index (χ1n) is 7.49. The lowest BCUT2D eigenvalue weighted by atomic mass is 9.96. The van der Waals surface area contributed by atoms with Crippen molar-refractivity contribution in [2.75, 3.05) is 7.11 Å². The summed E-state index contributed by atoms with van der Waals surface area (Å²) in [4.78, 5) is 24.1. The number of aromatic nitrogens is 1. The zero-order valence-electron chi connectivity index (χ0n) is 12.9. The Kier molecular flexibility index (Phi) is 3.84. The van der Waals surface area contributed by atoms with Crippen LogP contribution in [0.25, 0.3) is 0 Å². The van der Waals surface area contributed by atoms with Crippen LogP contribution in [0.2, 0.25) is 0 Å². The Hall–Kier alpha value is -2.36. The Bertz CT molecular complexity index is 726. The molecule has 0 saturated heterocycles. The molecular formula is C18H19NO3. The number of benzene rings is 1. The molecule has 1 aromatic heterocycles. The monoisotopic (exact) mass is 297 g/mol. The average Bonchev–Trinajstić information content (AvgIpc) is 2.89. The smallest absolute Gasteiger partial charge is 0.354 e. The number of hydrogen-bond acceptors (Lipinski definition) is 3. The maximum Gasteiger partial charge on any atom is 0.354 e. The lowest BCUT2D eigenvalue weighted by Gasteiger charge is -2.16. The summed E-state index contributed by atoms with van der Waals surface area (Å²) in [6.45, 7) is 2.62. The van der Waals surface area contributed by atoms with Gasteiger partial charge in [-0.05, 0) is 31.4 Å². The van der Waals surface area contributed by atoms with Crippen LogP contribution in [0.3, 0.4) is 0 Å². The van der Waals surface area contributed by atoms with Gasteiger partial charge >= 0.3 is 5.97 Å². The van der Waals surface area contributed by atoms with Crippen LogP contribution in [0.15, 0.2) is 30.3 Å². The van der Waals surface area contributed by atoms with Gasteiger partial charge in [0.1, 0.15) is 5.69 Å². The first-order valence-corrected chi connectivity index (χ1v) is 7.49. The Morgan fingerprint density at radius 3 is 2.64 bits per heavy atom. The summed E-state index contributed by atoms with van der Waals surface area (Å²) >= 11 is 0. The Balaban J connectivity index is 2.06. The molecule has 1 aliphatic carbocycles. The summed E-state index contributed by atoms with van der Waals surface area (Å²) in [6.07, 6.45) is 2.22. The molecule has 3 rings (SSSR count). The molecule has 0 fully saturated rings. The number of ether oxygens (including phenoxy) is 1. The van der Waals surface area contributed by atoms with Crippen LogP contribution in [-0.4, -0.2) is 23.4 Å². The highest BCUT2D eigenvalue weighted by Gasteiger charge is 2.26. The van der Waals surface area contributed by atoms with E-state index in [9.17, 15) is 9.59 Å².